The molecular formula is C12H17N3O2. The van der Waals surface area contributed by atoms with Crippen molar-refractivity contribution < 1.29 is 9.53 Å². The van der Waals surface area contributed by atoms with Crippen LogP contribution in [0, 0.1) is 0 Å². The average molecular weight is 235 g/mol. The molecule has 1 aromatic carbocycles. The summed E-state index contributed by atoms with van der Waals surface area (Å²) in [5.74, 6) is 0.397. The Morgan fingerprint density at radius 3 is 3.00 bits per heavy atom. The lowest BCUT2D eigenvalue weighted by molar-refractivity contribution is 0.193. The Morgan fingerprint density at radius 1 is 1.47 bits per heavy atom. The van der Waals surface area contributed by atoms with Crippen molar-refractivity contribution in [2.45, 2.75) is 18.9 Å². The first-order valence-corrected chi connectivity index (χ1v) is 5.79. The van der Waals surface area contributed by atoms with E-state index in [0.29, 0.717) is 11.4 Å². The number of nitrogens with one attached hydrogen (secondary N) is 2. The smallest absolute Gasteiger partial charge is 0.408 e. The summed E-state index contributed by atoms with van der Waals surface area (Å²) >= 11 is 0. The zero-order chi connectivity index (χ0) is 12.1. The Labute approximate surface area is 100 Å². The molecule has 1 amide bonds. The van der Waals surface area contributed by atoms with Crippen LogP contribution in [0.1, 0.15) is 12.8 Å². The molecule has 5 nitrogen and oxygen atoms in total. The summed E-state index contributed by atoms with van der Waals surface area (Å²) in [7, 11) is 0. The lowest BCUT2D eigenvalue weighted by Crippen LogP contribution is -2.46. The third-order valence-corrected chi connectivity index (χ3v) is 2.74. The summed E-state index contributed by atoms with van der Waals surface area (Å²) in [5.41, 5.74) is 6.15. The molecule has 92 valence electrons. The van der Waals surface area contributed by atoms with Gasteiger partial charge in [-0.3, -0.25) is 0 Å². The number of hydrogen-bond acceptors (Lipinski definition) is 4. The van der Waals surface area contributed by atoms with Crippen LogP contribution >= 0.6 is 0 Å². The molecule has 1 aliphatic heterocycles. The van der Waals surface area contributed by atoms with Gasteiger partial charge in [0, 0.05) is 12.6 Å². The second-order valence-corrected chi connectivity index (χ2v) is 4.11. The van der Waals surface area contributed by atoms with Crippen LogP contribution in [0.3, 0.4) is 0 Å². The number of carbonyl (C=O) groups is 1. The van der Waals surface area contributed by atoms with Crippen molar-refractivity contribution in [3.63, 3.8) is 0 Å². The second kappa shape index (κ2) is 5.54. The van der Waals surface area contributed by atoms with Gasteiger partial charge in [-0.1, -0.05) is 12.1 Å². The molecule has 1 fully saturated rings. The SMILES string of the molecule is Nc1ccccc1OC(=O)NC1CCCNC1. The predicted molar refractivity (Wildman–Crippen MR) is 65.9 cm³/mol. The van der Waals surface area contributed by atoms with Crippen molar-refractivity contribution >= 4 is 11.8 Å². The minimum Gasteiger partial charge on any atom is -0.408 e. The van der Waals surface area contributed by atoms with Gasteiger partial charge in [-0.15, -0.1) is 0 Å². The minimum atomic E-state index is -0.448. The minimum absolute atomic E-state index is 0.140. The summed E-state index contributed by atoms with van der Waals surface area (Å²) in [4.78, 5) is 11.6. The molecule has 1 heterocycles. The molecule has 1 atom stereocenters. The molecule has 0 radical (unpaired) electrons. The van der Waals surface area contributed by atoms with E-state index in [1.807, 2.05) is 0 Å². The Balaban J connectivity index is 1.86. The summed E-state index contributed by atoms with van der Waals surface area (Å²) in [5, 5.41) is 6.04. The molecule has 0 saturated carbocycles. The van der Waals surface area contributed by atoms with Gasteiger partial charge in [0.05, 0.1) is 5.69 Å². The van der Waals surface area contributed by atoms with E-state index >= 15 is 0 Å². The normalized spacial score (nSPS) is 19.6. The number of anilines is 1. The molecule has 1 aromatic rings. The fourth-order valence-corrected chi connectivity index (χ4v) is 1.84. The highest BCUT2D eigenvalue weighted by atomic mass is 16.6. The average Bonchev–Trinajstić information content (AvgIpc) is 2.33. The lowest BCUT2D eigenvalue weighted by Gasteiger charge is -2.23. The number of amides is 1. The topological polar surface area (TPSA) is 76.4 Å². The third kappa shape index (κ3) is 3.35. The zero-order valence-corrected chi connectivity index (χ0v) is 9.61. The summed E-state index contributed by atoms with van der Waals surface area (Å²) in [6.07, 6.45) is 1.60. The molecular weight excluding hydrogens is 218 g/mol. The molecule has 0 aromatic heterocycles. The first kappa shape index (κ1) is 11.7. The maximum Gasteiger partial charge on any atom is 0.412 e. The number of ether oxygens (including phenoxy) is 1. The van der Waals surface area contributed by atoms with Crippen LogP contribution in [-0.2, 0) is 0 Å². The van der Waals surface area contributed by atoms with Gasteiger partial charge in [0.1, 0.15) is 0 Å². The van der Waals surface area contributed by atoms with Gasteiger partial charge in [-0.25, -0.2) is 4.79 Å². The Hall–Kier alpha value is -1.75. The van der Waals surface area contributed by atoms with Crippen molar-refractivity contribution in [3.8, 4) is 5.75 Å². The van der Waals surface area contributed by atoms with Crippen molar-refractivity contribution in [2.75, 3.05) is 18.8 Å². The van der Waals surface area contributed by atoms with Crippen LogP contribution in [0.2, 0.25) is 0 Å². The van der Waals surface area contributed by atoms with Gasteiger partial charge in [-0.2, -0.15) is 0 Å². The second-order valence-electron chi connectivity index (χ2n) is 4.11. The van der Waals surface area contributed by atoms with Gasteiger partial charge < -0.3 is 21.1 Å². The molecule has 2 rings (SSSR count). The van der Waals surface area contributed by atoms with E-state index in [-0.39, 0.29) is 6.04 Å². The molecule has 5 heteroatoms. The van der Waals surface area contributed by atoms with Gasteiger partial charge >= 0.3 is 6.09 Å². The van der Waals surface area contributed by atoms with Crippen LogP contribution in [0.5, 0.6) is 5.75 Å². The van der Waals surface area contributed by atoms with Gasteiger partial charge in [0.2, 0.25) is 0 Å². The Morgan fingerprint density at radius 2 is 2.29 bits per heavy atom. The van der Waals surface area contributed by atoms with E-state index in [4.69, 9.17) is 10.5 Å². The zero-order valence-electron chi connectivity index (χ0n) is 9.61. The lowest BCUT2D eigenvalue weighted by atomic mass is 10.1. The van der Waals surface area contributed by atoms with Crippen LogP contribution in [-0.4, -0.2) is 25.2 Å². The van der Waals surface area contributed by atoms with Gasteiger partial charge in [-0.05, 0) is 31.5 Å². The van der Waals surface area contributed by atoms with E-state index in [0.717, 1.165) is 25.9 Å². The standard InChI is InChI=1S/C12H17N3O2/c13-10-5-1-2-6-11(10)17-12(16)15-9-4-3-7-14-8-9/h1-2,5-6,9,14H,3-4,7-8,13H2,(H,15,16). The van der Waals surface area contributed by atoms with E-state index in [1.165, 1.54) is 0 Å². The summed E-state index contributed by atoms with van der Waals surface area (Å²) < 4.78 is 5.15. The highest BCUT2D eigenvalue weighted by molar-refractivity contribution is 5.73. The van der Waals surface area contributed by atoms with E-state index < -0.39 is 6.09 Å². The van der Waals surface area contributed by atoms with Crippen molar-refractivity contribution in [1.82, 2.24) is 10.6 Å². The number of para-hydroxylation sites is 2. The molecule has 4 N–H and O–H groups in total. The number of benzene rings is 1. The number of rotatable bonds is 2. The molecule has 1 unspecified atom stereocenters. The highest BCUT2D eigenvalue weighted by Crippen LogP contribution is 2.19. The van der Waals surface area contributed by atoms with Crippen molar-refractivity contribution in [1.29, 1.82) is 0 Å². The van der Waals surface area contributed by atoms with Gasteiger partial charge in [0.25, 0.3) is 0 Å². The molecule has 0 bridgehead atoms. The van der Waals surface area contributed by atoms with Gasteiger partial charge in [0.15, 0.2) is 5.75 Å². The number of piperidine rings is 1. The first-order chi connectivity index (χ1) is 8.25. The van der Waals surface area contributed by atoms with Crippen molar-refractivity contribution in [2.24, 2.45) is 0 Å². The summed E-state index contributed by atoms with van der Waals surface area (Å²) in [6, 6.07) is 7.09. The van der Waals surface area contributed by atoms with Crippen LogP contribution in [0.4, 0.5) is 10.5 Å². The molecule has 1 aliphatic rings. The predicted octanol–water partition coefficient (Wildman–Crippen LogP) is 1.11. The monoisotopic (exact) mass is 235 g/mol. The van der Waals surface area contributed by atoms with Crippen LogP contribution in [0.25, 0.3) is 0 Å². The third-order valence-electron chi connectivity index (χ3n) is 2.74. The Kier molecular flexibility index (Phi) is 3.82. The van der Waals surface area contributed by atoms with E-state index in [2.05, 4.69) is 10.6 Å². The fourth-order valence-electron chi connectivity index (χ4n) is 1.84. The number of carbonyl (C=O) groups excluding carboxylic acids is 1. The fraction of sp³-hybridized carbons (Fsp3) is 0.417. The molecule has 0 aliphatic carbocycles. The number of nitrogen functional groups attached to an aromatic ring is 1. The van der Waals surface area contributed by atoms with Crippen LogP contribution in [0.15, 0.2) is 24.3 Å². The molecule has 0 spiro atoms. The Bertz CT molecular complexity index is 389. The number of nitrogens with two attached hydrogens (primary N) is 1. The highest BCUT2D eigenvalue weighted by Gasteiger charge is 2.16. The van der Waals surface area contributed by atoms with E-state index in [9.17, 15) is 4.79 Å². The maximum absolute atomic E-state index is 11.6. The quantitative estimate of drug-likeness (QED) is 0.671. The largest absolute Gasteiger partial charge is 0.412 e. The van der Waals surface area contributed by atoms with E-state index in [1.54, 1.807) is 24.3 Å². The first-order valence-electron chi connectivity index (χ1n) is 5.79. The van der Waals surface area contributed by atoms with Crippen LogP contribution < -0.4 is 21.1 Å². The molecule has 1 saturated heterocycles. The van der Waals surface area contributed by atoms with Crippen molar-refractivity contribution in [3.05, 3.63) is 24.3 Å². The number of hydrogen-bond donors (Lipinski definition) is 3. The summed E-state index contributed by atoms with van der Waals surface area (Å²) in [6.45, 7) is 1.80. The molecule has 17 heavy (non-hydrogen) atoms. The maximum atomic E-state index is 11.6.